The number of nitrogens with two attached hydrogens (primary N) is 1. The molecule has 0 saturated heterocycles. The topological polar surface area (TPSA) is 90.4 Å². The minimum absolute atomic E-state index is 0.0594. The van der Waals surface area contributed by atoms with Crippen LogP contribution in [0, 0.1) is 10.1 Å². The van der Waals surface area contributed by atoms with Gasteiger partial charge in [0.25, 0.3) is 5.69 Å². The zero-order valence-corrected chi connectivity index (χ0v) is 10.3. The van der Waals surface area contributed by atoms with Crippen LogP contribution in [0.4, 0.5) is 22.7 Å². The van der Waals surface area contributed by atoms with E-state index in [-0.39, 0.29) is 5.69 Å². The van der Waals surface area contributed by atoms with E-state index in [1.165, 1.54) is 6.07 Å². The highest BCUT2D eigenvalue weighted by Crippen LogP contribution is 2.29. The van der Waals surface area contributed by atoms with E-state index in [9.17, 15) is 10.1 Å². The Morgan fingerprint density at radius 1 is 1.21 bits per heavy atom. The van der Waals surface area contributed by atoms with E-state index < -0.39 is 4.92 Å². The predicted octanol–water partition coefficient (Wildman–Crippen LogP) is 2.93. The maximum absolute atomic E-state index is 11.0. The van der Waals surface area contributed by atoms with Gasteiger partial charge in [-0.1, -0.05) is 0 Å². The quantitative estimate of drug-likeness (QED) is 0.500. The van der Waals surface area contributed by atoms with E-state index in [2.05, 4.69) is 5.32 Å². The van der Waals surface area contributed by atoms with Gasteiger partial charge in [-0.15, -0.1) is 0 Å². The first-order valence-electron chi connectivity index (χ1n) is 5.55. The second-order valence-corrected chi connectivity index (χ2v) is 3.89. The smallest absolute Gasteiger partial charge is 0.294 e. The van der Waals surface area contributed by atoms with Gasteiger partial charge in [0.1, 0.15) is 11.4 Å². The molecule has 3 N–H and O–H groups in total. The molecule has 0 aliphatic heterocycles. The number of nitro benzene ring substituents is 1. The van der Waals surface area contributed by atoms with Gasteiger partial charge in [0.15, 0.2) is 0 Å². The highest BCUT2D eigenvalue weighted by atomic mass is 16.6. The van der Waals surface area contributed by atoms with Crippen LogP contribution in [-0.2, 0) is 0 Å². The third-order valence-electron chi connectivity index (χ3n) is 2.59. The molecule has 0 aromatic heterocycles. The van der Waals surface area contributed by atoms with Crippen molar-refractivity contribution < 1.29 is 9.66 Å². The molecule has 0 atom stereocenters. The summed E-state index contributed by atoms with van der Waals surface area (Å²) in [6, 6.07) is 11.6. The second-order valence-electron chi connectivity index (χ2n) is 3.89. The van der Waals surface area contributed by atoms with Crippen LogP contribution >= 0.6 is 0 Å². The normalized spacial score (nSPS) is 9.95. The van der Waals surface area contributed by atoms with Crippen LogP contribution in [0.1, 0.15) is 0 Å². The molecule has 98 valence electrons. The van der Waals surface area contributed by atoms with Crippen molar-refractivity contribution in [3.63, 3.8) is 0 Å². The molecule has 0 unspecified atom stereocenters. The van der Waals surface area contributed by atoms with Gasteiger partial charge in [-0.3, -0.25) is 10.1 Å². The number of ether oxygens (including phenoxy) is 1. The number of nitrogens with one attached hydrogen (secondary N) is 1. The van der Waals surface area contributed by atoms with E-state index in [4.69, 9.17) is 10.5 Å². The molecule has 6 heteroatoms. The van der Waals surface area contributed by atoms with E-state index in [0.717, 1.165) is 11.4 Å². The summed E-state index contributed by atoms with van der Waals surface area (Å²) < 4.78 is 5.04. The molecular weight excluding hydrogens is 246 g/mol. The van der Waals surface area contributed by atoms with Crippen molar-refractivity contribution in [2.45, 2.75) is 0 Å². The SMILES string of the molecule is COc1ccc(Nc2ccc(N)cc2[N+](=O)[O-])cc1. The van der Waals surface area contributed by atoms with Gasteiger partial charge in [0.2, 0.25) is 0 Å². The molecule has 2 aromatic carbocycles. The molecule has 0 bridgehead atoms. The lowest BCUT2D eigenvalue weighted by molar-refractivity contribution is -0.383. The average Bonchev–Trinajstić information content (AvgIpc) is 2.41. The van der Waals surface area contributed by atoms with Crippen LogP contribution in [0.15, 0.2) is 42.5 Å². The fourth-order valence-electron chi connectivity index (χ4n) is 1.64. The van der Waals surface area contributed by atoms with Crippen molar-refractivity contribution in [3.8, 4) is 5.75 Å². The Kier molecular flexibility index (Phi) is 3.51. The Morgan fingerprint density at radius 2 is 1.89 bits per heavy atom. The zero-order valence-electron chi connectivity index (χ0n) is 10.3. The van der Waals surface area contributed by atoms with Gasteiger partial charge >= 0.3 is 0 Å². The molecule has 19 heavy (non-hydrogen) atoms. The Morgan fingerprint density at radius 3 is 2.47 bits per heavy atom. The summed E-state index contributed by atoms with van der Waals surface area (Å²) in [6.45, 7) is 0. The number of hydrogen-bond donors (Lipinski definition) is 2. The highest BCUT2D eigenvalue weighted by molar-refractivity contribution is 5.72. The lowest BCUT2D eigenvalue weighted by Gasteiger charge is -2.08. The van der Waals surface area contributed by atoms with Gasteiger partial charge < -0.3 is 15.8 Å². The van der Waals surface area contributed by atoms with E-state index in [1.807, 2.05) is 0 Å². The Balaban J connectivity index is 2.29. The number of hydrogen-bond acceptors (Lipinski definition) is 5. The fraction of sp³-hybridized carbons (Fsp3) is 0.0769. The molecule has 0 fully saturated rings. The summed E-state index contributed by atoms with van der Waals surface area (Å²) in [5, 5.41) is 13.9. The monoisotopic (exact) mass is 259 g/mol. The summed E-state index contributed by atoms with van der Waals surface area (Å²) in [7, 11) is 1.58. The standard InChI is InChI=1S/C13H13N3O3/c1-19-11-5-3-10(4-6-11)15-12-7-2-9(14)8-13(12)16(17)18/h2-8,15H,14H2,1H3. The molecule has 0 heterocycles. The van der Waals surface area contributed by atoms with Crippen molar-refractivity contribution in [1.29, 1.82) is 0 Å². The minimum Gasteiger partial charge on any atom is -0.497 e. The van der Waals surface area contributed by atoms with Gasteiger partial charge in [0, 0.05) is 17.4 Å². The van der Waals surface area contributed by atoms with Crippen molar-refractivity contribution in [3.05, 3.63) is 52.6 Å². The van der Waals surface area contributed by atoms with Crippen molar-refractivity contribution in [1.82, 2.24) is 0 Å². The van der Waals surface area contributed by atoms with Gasteiger partial charge in [0.05, 0.1) is 12.0 Å². The number of nitro groups is 1. The molecular formula is C13H13N3O3. The van der Waals surface area contributed by atoms with E-state index >= 15 is 0 Å². The fourth-order valence-corrected chi connectivity index (χ4v) is 1.64. The molecule has 6 nitrogen and oxygen atoms in total. The van der Waals surface area contributed by atoms with Gasteiger partial charge in [-0.05, 0) is 36.4 Å². The number of methoxy groups -OCH3 is 1. The summed E-state index contributed by atoms with van der Waals surface area (Å²) in [5.41, 5.74) is 6.97. The minimum atomic E-state index is -0.470. The third kappa shape index (κ3) is 2.92. The number of rotatable bonds is 4. The lowest BCUT2D eigenvalue weighted by atomic mass is 10.2. The Bertz CT molecular complexity index is 597. The molecule has 2 rings (SSSR count). The Hall–Kier alpha value is -2.76. The Labute approximate surface area is 110 Å². The number of nitrogens with zero attached hydrogens (tertiary/aromatic N) is 1. The maximum Gasteiger partial charge on any atom is 0.294 e. The summed E-state index contributed by atoms with van der Waals surface area (Å²) in [5.74, 6) is 0.720. The van der Waals surface area contributed by atoms with Crippen LogP contribution in [-0.4, -0.2) is 12.0 Å². The predicted molar refractivity (Wildman–Crippen MR) is 73.8 cm³/mol. The molecule has 0 spiro atoms. The summed E-state index contributed by atoms with van der Waals surface area (Å²) >= 11 is 0. The average molecular weight is 259 g/mol. The van der Waals surface area contributed by atoms with Crippen LogP contribution in [0.5, 0.6) is 5.75 Å². The first-order chi connectivity index (χ1) is 9.10. The molecule has 0 aliphatic carbocycles. The molecule has 0 radical (unpaired) electrons. The van der Waals surface area contributed by atoms with E-state index in [1.54, 1.807) is 43.5 Å². The summed E-state index contributed by atoms with van der Waals surface area (Å²) in [6.07, 6.45) is 0. The second kappa shape index (κ2) is 5.26. The van der Waals surface area contributed by atoms with Crippen molar-refractivity contribution in [2.24, 2.45) is 0 Å². The summed E-state index contributed by atoms with van der Waals surface area (Å²) in [4.78, 5) is 10.5. The lowest BCUT2D eigenvalue weighted by Crippen LogP contribution is -1.98. The first-order valence-corrected chi connectivity index (χ1v) is 5.55. The van der Waals surface area contributed by atoms with Crippen LogP contribution < -0.4 is 15.8 Å². The van der Waals surface area contributed by atoms with E-state index in [0.29, 0.717) is 11.4 Å². The molecule has 2 aromatic rings. The number of anilines is 3. The van der Waals surface area contributed by atoms with Crippen LogP contribution in [0.3, 0.4) is 0 Å². The zero-order chi connectivity index (χ0) is 13.8. The number of benzene rings is 2. The van der Waals surface area contributed by atoms with Crippen LogP contribution in [0.25, 0.3) is 0 Å². The largest absolute Gasteiger partial charge is 0.497 e. The van der Waals surface area contributed by atoms with Crippen LogP contribution in [0.2, 0.25) is 0 Å². The van der Waals surface area contributed by atoms with Gasteiger partial charge in [-0.25, -0.2) is 0 Å². The molecule has 0 aliphatic rings. The molecule has 0 amide bonds. The molecule has 0 saturated carbocycles. The third-order valence-corrected chi connectivity index (χ3v) is 2.59. The van der Waals surface area contributed by atoms with Crippen molar-refractivity contribution >= 4 is 22.7 Å². The van der Waals surface area contributed by atoms with Gasteiger partial charge in [-0.2, -0.15) is 0 Å². The number of nitrogen functional groups attached to an aromatic ring is 1. The first kappa shape index (κ1) is 12.7. The van der Waals surface area contributed by atoms with Crippen molar-refractivity contribution in [2.75, 3.05) is 18.2 Å². The maximum atomic E-state index is 11.0. The highest BCUT2D eigenvalue weighted by Gasteiger charge is 2.13.